The monoisotopic (exact) mass is 415 g/mol. The number of nitrogens with zero attached hydrogens (tertiary/aromatic N) is 4. The first kappa shape index (κ1) is 23.4. The average molecular weight is 416 g/mol. The van der Waals surface area contributed by atoms with Crippen molar-refractivity contribution in [3.05, 3.63) is 41.6 Å². The van der Waals surface area contributed by atoms with Gasteiger partial charge < -0.3 is 19.9 Å². The van der Waals surface area contributed by atoms with Crippen LogP contribution in [0.4, 0.5) is 10.6 Å². The molecule has 0 aliphatic heterocycles. The van der Waals surface area contributed by atoms with Gasteiger partial charge in [-0.2, -0.15) is 5.10 Å². The topological polar surface area (TPSA) is 79.7 Å². The van der Waals surface area contributed by atoms with Crippen LogP contribution in [-0.2, 0) is 14.9 Å². The lowest BCUT2D eigenvalue weighted by atomic mass is 9.92. The van der Waals surface area contributed by atoms with E-state index in [4.69, 9.17) is 9.84 Å². The third-order valence-corrected chi connectivity index (χ3v) is 4.54. The molecular formula is C22H33N5O3. The van der Waals surface area contributed by atoms with E-state index in [9.17, 15) is 9.59 Å². The van der Waals surface area contributed by atoms with E-state index in [0.29, 0.717) is 19.0 Å². The molecule has 30 heavy (non-hydrogen) atoms. The van der Waals surface area contributed by atoms with Gasteiger partial charge in [0.05, 0.1) is 18.0 Å². The Morgan fingerprint density at radius 3 is 2.47 bits per heavy atom. The van der Waals surface area contributed by atoms with Crippen LogP contribution >= 0.6 is 0 Å². The quantitative estimate of drug-likeness (QED) is 0.754. The number of carbonyl (C=O) groups excluding carboxylic acids is 2. The summed E-state index contributed by atoms with van der Waals surface area (Å²) >= 11 is 0. The summed E-state index contributed by atoms with van der Waals surface area (Å²) in [4.78, 5) is 28.1. The molecule has 8 nitrogen and oxygen atoms in total. The predicted octanol–water partition coefficient (Wildman–Crippen LogP) is 3.05. The number of aryl methyl sites for hydroxylation is 1. The first-order valence-corrected chi connectivity index (χ1v) is 9.95. The highest BCUT2D eigenvalue weighted by Crippen LogP contribution is 2.26. The Morgan fingerprint density at radius 2 is 1.90 bits per heavy atom. The van der Waals surface area contributed by atoms with Crippen LogP contribution in [-0.4, -0.2) is 72.4 Å². The van der Waals surface area contributed by atoms with E-state index in [1.54, 1.807) is 25.9 Å². The highest BCUT2D eigenvalue weighted by Gasteiger charge is 2.23. The van der Waals surface area contributed by atoms with Crippen LogP contribution in [0.25, 0.3) is 5.69 Å². The van der Waals surface area contributed by atoms with Gasteiger partial charge in [0.15, 0.2) is 0 Å². The van der Waals surface area contributed by atoms with Crippen LogP contribution in [0, 0.1) is 6.92 Å². The number of benzene rings is 1. The Balaban J connectivity index is 2.30. The van der Waals surface area contributed by atoms with Crippen LogP contribution in [0.1, 0.15) is 32.0 Å². The zero-order valence-corrected chi connectivity index (χ0v) is 19.0. The maximum absolute atomic E-state index is 12.8. The minimum atomic E-state index is -0.296. The molecule has 1 aromatic carbocycles. The number of hydrogen-bond acceptors (Lipinski definition) is 4. The standard InChI is InChI=1S/C22H33N5O3/c1-16-9-8-10-17(13-16)27-19(14-18(24-27)22(2,3)4)23-20(28)15-26(11-12-30-7)21(29)25(5)6/h8-10,13-14H,11-12,15H2,1-7H3,(H,23,28). The normalized spacial score (nSPS) is 11.3. The molecule has 0 unspecified atom stereocenters. The largest absolute Gasteiger partial charge is 0.383 e. The van der Waals surface area contributed by atoms with Crippen molar-refractivity contribution in [3.8, 4) is 5.69 Å². The second-order valence-corrected chi connectivity index (χ2v) is 8.56. The minimum absolute atomic E-state index is 0.0791. The predicted molar refractivity (Wildman–Crippen MR) is 118 cm³/mol. The molecule has 0 aliphatic carbocycles. The highest BCUT2D eigenvalue weighted by molar-refractivity contribution is 5.94. The number of methoxy groups -OCH3 is 1. The molecule has 8 heteroatoms. The van der Waals surface area contributed by atoms with Gasteiger partial charge in [-0.25, -0.2) is 9.48 Å². The van der Waals surface area contributed by atoms with Crippen molar-refractivity contribution in [1.29, 1.82) is 0 Å². The molecule has 1 N–H and O–H groups in total. The van der Waals surface area contributed by atoms with E-state index in [2.05, 4.69) is 26.1 Å². The third kappa shape index (κ3) is 6.06. The molecule has 0 fully saturated rings. The van der Waals surface area contributed by atoms with Crippen molar-refractivity contribution in [2.24, 2.45) is 0 Å². The summed E-state index contributed by atoms with van der Waals surface area (Å²) in [6.07, 6.45) is 0. The average Bonchev–Trinajstić information content (AvgIpc) is 3.08. The van der Waals surface area contributed by atoms with Gasteiger partial charge in [-0.05, 0) is 24.6 Å². The van der Waals surface area contributed by atoms with Gasteiger partial charge in [-0.15, -0.1) is 0 Å². The summed E-state index contributed by atoms with van der Waals surface area (Å²) in [5.74, 6) is 0.273. The SMILES string of the molecule is COCCN(CC(=O)Nc1cc(C(C)(C)C)nn1-c1cccc(C)c1)C(=O)N(C)C. The molecule has 1 heterocycles. The van der Waals surface area contributed by atoms with E-state index in [0.717, 1.165) is 16.9 Å². The maximum atomic E-state index is 12.8. The summed E-state index contributed by atoms with van der Waals surface area (Å²) in [6.45, 7) is 8.82. The van der Waals surface area contributed by atoms with Gasteiger partial charge in [0, 0.05) is 39.2 Å². The Morgan fingerprint density at radius 1 is 1.20 bits per heavy atom. The lowest BCUT2D eigenvalue weighted by molar-refractivity contribution is -0.117. The highest BCUT2D eigenvalue weighted by atomic mass is 16.5. The summed E-state index contributed by atoms with van der Waals surface area (Å²) in [5, 5.41) is 7.66. The van der Waals surface area contributed by atoms with Crippen molar-refractivity contribution in [2.75, 3.05) is 46.2 Å². The van der Waals surface area contributed by atoms with E-state index in [-0.39, 0.29) is 23.9 Å². The van der Waals surface area contributed by atoms with Gasteiger partial charge in [0.2, 0.25) is 5.91 Å². The molecule has 0 spiro atoms. The number of aromatic nitrogens is 2. The summed E-state index contributed by atoms with van der Waals surface area (Å²) < 4.78 is 6.81. The van der Waals surface area contributed by atoms with Gasteiger partial charge in [-0.1, -0.05) is 32.9 Å². The molecule has 1 aromatic heterocycles. The first-order valence-electron chi connectivity index (χ1n) is 9.95. The summed E-state index contributed by atoms with van der Waals surface area (Å²) in [7, 11) is 4.87. The second kappa shape index (κ2) is 9.75. The Hall–Kier alpha value is -2.87. The van der Waals surface area contributed by atoms with Crippen molar-refractivity contribution in [1.82, 2.24) is 19.6 Å². The molecule has 0 saturated carbocycles. The van der Waals surface area contributed by atoms with Gasteiger partial charge >= 0.3 is 6.03 Å². The fourth-order valence-electron chi connectivity index (χ4n) is 2.88. The number of anilines is 1. The van der Waals surface area contributed by atoms with Crippen LogP contribution in [0.15, 0.2) is 30.3 Å². The molecular weight excluding hydrogens is 382 g/mol. The molecule has 0 saturated heterocycles. The molecule has 2 aromatic rings. The number of hydrogen-bond donors (Lipinski definition) is 1. The minimum Gasteiger partial charge on any atom is -0.383 e. The maximum Gasteiger partial charge on any atom is 0.320 e. The van der Waals surface area contributed by atoms with Gasteiger partial charge in [0.1, 0.15) is 12.4 Å². The third-order valence-electron chi connectivity index (χ3n) is 4.54. The molecule has 3 amide bonds. The van der Waals surface area contributed by atoms with Crippen LogP contribution in [0.5, 0.6) is 0 Å². The van der Waals surface area contributed by atoms with E-state index in [1.165, 1.54) is 9.80 Å². The summed E-state index contributed by atoms with van der Waals surface area (Å²) in [6, 6.07) is 9.56. The van der Waals surface area contributed by atoms with E-state index >= 15 is 0 Å². The first-order chi connectivity index (χ1) is 14.0. The number of rotatable bonds is 7. The van der Waals surface area contributed by atoms with Gasteiger partial charge in [-0.3, -0.25) is 4.79 Å². The number of ether oxygens (including phenoxy) is 1. The number of nitrogens with one attached hydrogen (secondary N) is 1. The van der Waals surface area contributed by atoms with Crippen LogP contribution in [0.2, 0.25) is 0 Å². The number of amides is 3. The van der Waals surface area contributed by atoms with Crippen LogP contribution < -0.4 is 5.32 Å². The Labute approximate surface area is 178 Å². The van der Waals surface area contributed by atoms with Gasteiger partial charge in [0.25, 0.3) is 0 Å². The lowest BCUT2D eigenvalue weighted by Gasteiger charge is -2.25. The molecule has 2 rings (SSSR count). The van der Waals surface area contributed by atoms with Crippen LogP contribution in [0.3, 0.4) is 0 Å². The van der Waals surface area contributed by atoms with Crippen molar-refractivity contribution in [2.45, 2.75) is 33.1 Å². The van der Waals surface area contributed by atoms with Crippen molar-refractivity contribution >= 4 is 17.8 Å². The number of carbonyl (C=O) groups is 2. The fourth-order valence-corrected chi connectivity index (χ4v) is 2.88. The number of urea groups is 1. The zero-order chi connectivity index (χ0) is 22.5. The van der Waals surface area contributed by atoms with Crippen molar-refractivity contribution < 1.29 is 14.3 Å². The Bertz CT molecular complexity index is 883. The molecule has 0 radical (unpaired) electrons. The molecule has 164 valence electrons. The zero-order valence-electron chi connectivity index (χ0n) is 19.0. The summed E-state index contributed by atoms with van der Waals surface area (Å²) in [5.41, 5.74) is 2.64. The smallest absolute Gasteiger partial charge is 0.320 e. The van der Waals surface area contributed by atoms with E-state index < -0.39 is 0 Å². The van der Waals surface area contributed by atoms with Crippen molar-refractivity contribution in [3.63, 3.8) is 0 Å². The van der Waals surface area contributed by atoms with E-state index in [1.807, 2.05) is 37.3 Å². The Kier molecular flexibility index (Phi) is 7.61. The second-order valence-electron chi connectivity index (χ2n) is 8.56. The molecule has 0 atom stereocenters. The molecule has 0 bridgehead atoms. The lowest BCUT2D eigenvalue weighted by Crippen LogP contribution is -2.45. The molecule has 0 aliphatic rings. The fraction of sp³-hybridized carbons (Fsp3) is 0.500.